The molecular weight excluding hydrogens is 394 g/mol. The van der Waals surface area contributed by atoms with Gasteiger partial charge in [0.05, 0.1) is 0 Å². The Morgan fingerprint density at radius 2 is 1.81 bits per heavy atom. The van der Waals surface area contributed by atoms with Crippen LogP contribution in [0.15, 0.2) is 42.5 Å². The van der Waals surface area contributed by atoms with Crippen LogP contribution in [0.5, 0.6) is 0 Å². The summed E-state index contributed by atoms with van der Waals surface area (Å²) in [6, 6.07) is 12.5. The van der Waals surface area contributed by atoms with Gasteiger partial charge in [0.1, 0.15) is 6.04 Å². The molecule has 1 fully saturated rings. The zero-order chi connectivity index (χ0) is 21.5. The number of aryl methyl sites for hydroxylation is 1. The number of benzene rings is 2. The van der Waals surface area contributed by atoms with Crippen LogP contribution in [-0.4, -0.2) is 41.1 Å². The lowest BCUT2D eigenvalue weighted by molar-refractivity contribution is -0.136. The smallest absolute Gasteiger partial charge is 0.258 e. The molecule has 3 aliphatic heterocycles. The number of para-hydroxylation sites is 1. The Hall–Kier alpha value is -3.48. The molecule has 0 radical (unpaired) electrons. The van der Waals surface area contributed by atoms with Crippen molar-refractivity contribution >= 4 is 29.3 Å². The number of hydrogen-bond acceptors (Lipinski definition) is 4. The predicted molar refractivity (Wildman–Crippen MR) is 114 cm³/mol. The van der Waals surface area contributed by atoms with E-state index in [1.807, 2.05) is 23.1 Å². The number of hydrogen-bond donors (Lipinski definition) is 1. The number of piperidine rings is 1. The number of imide groups is 1. The zero-order valence-electron chi connectivity index (χ0n) is 17.1. The van der Waals surface area contributed by atoms with E-state index in [2.05, 4.69) is 11.4 Å². The van der Waals surface area contributed by atoms with Gasteiger partial charge in [-0.3, -0.25) is 24.5 Å². The van der Waals surface area contributed by atoms with Gasteiger partial charge in [-0.1, -0.05) is 18.2 Å². The molecule has 7 nitrogen and oxygen atoms in total. The summed E-state index contributed by atoms with van der Waals surface area (Å²) in [7, 11) is 0. The monoisotopic (exact) mass is 417 g/mol. The molecule has 1 unspecified atom stereocenters. The first-order valence-electron chi connectivity index (χ1n) is 10.7. The van der Waals surface area contributed by atoms with Gasteiger partial charge in [0.25, 0.3) is 11.8 Å². The van der Waals surface area contributed by atoms with Gasteiger partial charge in [-0.2, -0.15) is 0 Å². The fourth-order valence-electron chi connectivity index (χ4n) is 4.77. The average Bonchev–Trinajstić information content (AvgIpc) is 2.95. The van der Waals surface area contributed by atoms with Crippen LogP contribution in [-0.2, 0) is 22.6 Å². The third kappa shape index (κ3) is 3.40. The van der Waals surface area contributed by atoms with E-state index in [4.69, 9.17) is 0 Å². The van der Waals surface area contributed by atoms with Gasteiger partial charge in [-0.05, 0) is 61.1 Å². The van der Waals surface area contributed by atoms with E-state index < -0.39 is 11.9 Å². The van der Waals surface area contributed by atoms with E-state index in [9.17, 15) is 19.2 Å². The maximum Gasteiger partial charge on any atom is 0.258 e. The first-order chi connectivity index (χ1) is 15.0. The Morgan fingerprint density at radius 3 is 2.65 bits per heavy atom. The molecular formula is C24H23N3O4. The second-order valence-corrected chi connectivity index (χ2v) is 8.31. The quantitative estimate of drug-likeness (QED) is 0.761. The topological polar surface area (TPSA) is 86.8 Å². The summed E-state index contributed by atoms with van der Waals surface area (Å²) >= 11 is 0. The molecule has 1 atom stereocenters. The second-order valence-electron chi connectivity index (χ2n) is 8.31. The van der Waals surface area contributed by atoms with Gasteiger partial charge >= 0.3 is 0 Å². The lowest BCUT2D eigenvalue weighted by atomic mass is 10.0. The van der Waals surface area contributed by atoms with Crippen molar-refractivity contribution < 1.29 is 19.2 Å². The number of amides is 4. The third-order valence-corrected chi connectivity index (χ3v) is 6.38. The van der Waals surface area contributed by atoms with Gasteiger partial charge in [0.15, 0.2) is 0 Å². The Bertz CT molecular complexity index is 1110. The van der Waals surface area contributed by atoms with Crippen molar-refractivity contribution in [1.82, 2.24) is 10.2 Å². The van der Waals surface area contributed by atoms with Crippen molar-refractivity contribution in [3.8, 4) is 0 Å². The van der Waals surface area contributed by atoms with Crippen molar-refractivity contribution in [2.75, 3.05) is 11.4 Å². The highest BCUT2D eigenvalue weighted by molar-refractivity contribution is 6.09. The molecule has 0 bridgehead atoms. The summed E-state index contributed by atoms with van der Waals surface area (Å²) in [5.41, 5.74) is 3.91. The maximum absolute atomic E-state index is 13.4. The van der Waals surface area contributed by atoms with Crippen LogP contribution < -0.4 is 10.2 Å². The molecule has 5 rings (SSSR count). The zero-order valence-corrected chi connectivity index (χ0v) is 17.1. The molecule has 1 N–H and O–H groups in total. The number of rotatable bonds is 2. The van der Waals surface area contributed by atoms with E-state index in [0.29, 0.717) is 24.1 Å². The Morgan fingerprint density at radius 1 is 0.968 bits per heavy atom. The lowest BCUT2D eigenvalue weighted by Gasteiger charge is -2.29. The Kier molecular flexibility index (Phi) is 4.81. The molecule has 158 valence electrons. The van der Waals surface area contributed by atoms with E-state index in [0.717, 1.165) is 30.5 Å². The Labute approximate surface area is 180 Å². The molecule has 3 aliphatic rings. The van der Waals surface area contributed by atoms with E-state index in [1.165, 1.54) is 10.5 Å². The second kappa shape index (κ2) is 7.65. The normalized spacial score (nSPS) is 20.8. The minimum absolute atomic E-state index is 0.0796. The van der Waals surface area contributed by atoms with Crippen LogP contribution in [0, 0.1) is 0 Å². The fraction of sp³-hybridized carbons (Fsp3) is 0.333. The highest BCUT2D eigenvalue weighted by Gasteiger charge is 2.39. The Balaban J connectivity index is 1.41. The minimum atomic E-state index is -0.658. The molecule has 2 aromatic rings. The number of nitrogens with zero attached hydrogens (tertiary/aromatic N) is 2. The van der Waals surface area contributed by atoms with Gasteiger partial charge in [0, 0.05) is 36.3 Å². The molecule has 2 aromatic carbocycles. The summed E-state index contributed by atoms with van der Waals surface area (Å²) in [5, 5.41) is 2.31. The van der Waals surface area contributed by atoms with Crippen LogP contribution >= 0.6 is 0 Å². The SMILES string of the molecule is O=C1CCC(N2Cc3cc(C(=O)N4CCCCc5ccccc54)ccc3C2=O)C(=O)N1. The first kappa shape index (κ1) is 19.5. The van der Waals surface area contributed by atoms with Gasteiger partial charge in [-0.25, -0.2) is 0 Å². The molecule has 4 amide bonds. The van der Waals surface area contributed by atoms with Crippen molar-refractivity contribution in [3.05, 3.63) is 64.7 Å². The largest absolute Gasteiger partial charge is 0.322 e. The number of carbonyl (C=O) groups is 4. The molecule has 0 aromatic heterocycles. The van der Waals surface area contributed by atoms with E-state index >= 15 is 0 Å². The average molecular weight is 417 g/mol. The summed E-state index contributed by atoms with van der Waals surface area (Å²) in [5.74, 6) is -1.06. The number of anilines is 1. The van der Waals surface area contributed by atoms with Gasteiger partial charge < -0.3 is 9.80 Å². The van der Waals surface area contributed by atoms with Crippen LogP contribution in [0.1, 0.15) is 57.5 Å². The minimum Gasteiger partial charge on any atom is -0.322 e. The van der Waals surface area contributed by atoms with Crippen molar-refractivity contribution in [2.24, 2.45) is 0 Å². The van der Waals surface area contributed by atoms with Crippen molar-refractivity contribution in [2.45, 2.75) is 44.7 Å². The van der Waals surface area contributed by atoms with Crippen molar-refractivity contribution in [3.63, 3.8) is 0 Å². The van der Waals surface area contributed by atoms with Crippen LogP contribution in [0.2, 0.25) is 0 Å². The van der Waals surface area contributed by atoms with Crippen LogP contribution in [0.3, 0.4) is 0 Å². The highest BCUT2D eigenvalue weighted by Crippen LogP contribution is 2.31. The first-order valence-corrected chi connectivity index (χ1v) is 10.7. The number of fused-ring (bicyclic) bond motifs is 2. The molecule has 0 spiro atoms. The maximum atomic E-state index is 13.4. The summed E-state index contributed by atoms with van der Waals surface area (Å²) in [6.45, 7) is 0.923. The van der Waals surface area contributed by atoms with E-state index in [-0.39, 0.29) is 30.7 Å². The highest BCUT2D eigenvalue weighted by atomic mass is 16.2. The molecule has 0 saturated carbocycles. The van der Waals surface area contributed by atoms with Crippen LogP contribution in [0.25, 0.3) is 0 Å². The predicted octanol–water partition coefficient (Wildman–Crippen LogP) is 2.43. The summed E-state index contributed by atoms with van der Waals surface area (Å²) in [6.07, 6.45) is 3.47. The van der Waals surface area contributed by atoms with E-state index in [1.54, 1.807) is 18.2 Å². The lowest BCUT2D eigenvalue weighted by Crippen LogP contribution is -2.52. The van der Waals surface area contributed by atoms with Crippen molar-refractivity contribution in [1.29, 1.82) is 0 Å². The summed E-state index contributed by atoms with van der Waals surface area (Å²) < 4.78 is 0. The molecule has 7 heteroatoms. The third-order valence-electron chi connectivity index (χ3n) is 6.38. The molecule has 0 aliphatic carbocycles. The van der Waals surface area contributed by atoms with Gasteiger partial charge in [0.2, 0.25) is 11.8 Å². The summed E-state index contributed by atoms with van der Waals surface area (Å²) in [4.78, 5) is 53.3. The molecule has 3 heterocycles. The standard InChI is InChI=1S/C24H23N3O4/c28-21-11-10-20(22(29)25-21)27-14-17-13-16(8-9-18(17)24(27)31)23(30)26-12-4-3-6-15-5-1-2-7-19(15)26/h1-2,5,7-9,13,20H,3-4,6,10-12,14H2,(H,25,28,29). The molecule has 1 saturated heterocycles. The number of carbonyl (C=O) groups excluding carboxylic acids is 4. The molecule has 31 heavy (non-hydrogen) atoms. The number of nitrogens with one attached hydrogen (secondary N) is 1. The van der Waals surface area contributed by atoms with Crippen LogP contribution in [0.4, 0.5) is 5.69 Å². The fourth-order valence-corrected chi connectivity index (χ4v) is 4.77. The van der Waals surface area contributed by atoms with Gasteiger partial charge in [-0.15, -0.1) is 0 Å².